The normalized spacial score (nSPS) is 12.1. The van der Waals surface area contributed by atoms with E-state index < -0.39 is 16.1 Å². The Morgan fingerprint density at radius 3 is 1.30 bits per heavy atom. The summed E-state index contributed by atoms with van der Waals surface area (Å²) in [4.78, 5) is 13.3. The number of hydrogen-bond donors (Lipinski definition) is 0. The molecule has 0 N–H and O–H groups in total. The van der Waals surface area contributed by atoms with Crippen molar-refractivity contribution in [3.63, 3.8) is 0 Å². The number of aliphatic imine (C=N–C) groups is 2. The molecule has 27 heavy (non-hydrogen) atoms. The van der Waals surface area contributed by atoms with Crippen molar-refractivity contribution in [2.75, 3.05) is 13.1 Å². The Labute approximate surface area is 181 Å². The van der Waals surface area contributed by atoms with Gasteiger partial charge in [0.05, 0.1) is 22.8 Å². The van der Waals surface area contributed by atoms with E-state index in [1.807, 2.05) is 45.9 Å². The van der Waals surface area contributed by atoms with Gasteiger partial charge >= 0.3 is 16.8 Å². The standard InChI is InChI=1S/C13H19N3.2C4H11Si.Co/c1-5-14-10(3)12-8-7-9-13(16-12)11(4)15-6-2;2*1-5(2,3)4;/h7-9H,5-6H2,1-4H3;2*1H2,2-4H3;/q;2*-1;+2. The molecule has 0 atom stereocenters. The molecule has 1 radical (unpaired) electrons. The summed E-state index contributed by atoms with van der Waals surface area (Å²) < 4.78 is 0. The fourth-order valence-corrected chi connectivity index (χ4v) is 1.47. The third-order valence-corrected chi connectivity index (χ3v) is 2.28. The van der Waals surface area contributed by atoms with Gasteiger partial charge in [-0.05, 0) is 39.8 Å². The van der Waals surface area contributed by atoms with Crippen molar-refractivity contribution < 1.29 is 16.8 Å². The molecule has 0 aliphatic heterocycles. The van der Waals surface area contributed by atoms with Crippen LogP contribution in [0.4, 0.5) is 0 Å². The zero-order valence-corrected chi connectivity index (χ0v) is 22.3. The number of rotatable bonds is 4. The minimum absolute atomic E-state index is 0. The predicted octanol–water partition coefficient (Wildman–Crippen LogP) is 6.13. The van der Waals surface area contributed by atoms with Gasteiger partial charge in [-0.25, -0.2) is 4.98 Å². The third-order valence-electron chi connectivity index (χ3n) is 2.28. The van der Waals surface area contributed by atoms with Gasteiger partial charge in [0.15, 0.2) is 0 Å². The fraction of sp³-hybridized carbons (Fsp3) is 0.571. The Morgan fingerprint density at radius 1 is 0.815 bits per heavy atom. The van der Waals surface area contributed by atoms with Crippen LogP contribution < -0.4 is 0 Å². The second kappa shape index (κ2) is 15.4. The van der Waals surface area contributed by atoms with Gasteiger partial charge in [-0.1, -0.05) is 45.3 Å². The van der Waals surface area contributed by atoms with E-state index in [1.54, 1.807) is 0 Å². The van der Waals surface area contributed by atoms with Crippen LogP contribution in [0.2, 0.25) is 39.3 Å². The van der Waals surface area contributed by atoms with E-state index in [2.05, 4.69) is 67.3 Å². The first kappa shape index (κ1) is 31.1. The van der Waals surface area contributed by atoms with Gasteiger partial charge in [-0.3, -0.25) is 9.98 Å². The second-order valence-electron chi connectivity index (χ2n) is 8.65. The van der Waals surface area contributed by atoms with E-state index in [1.165, 1.54) is 0 Å². The van der Waals surface area contributed by atoms with E-state index >= 15 is 0 Å². The predicted molar refractivity (Wildman–Crippen MR) is 127 cm³/mol. The van der Waals surface area contributed by atoms with Crippen molar-refractivity contribution in [1.82, 2.24) is 4.98 Å². The van der Waals surface area contributed by atoms with Crippen LogP contribution in [0, 0.1) is 13.1 Å². The Balaban J connectivity index is -0.000000436. The van der Waals surface area contributed by atoms with E-state index in [4.69, 9.17) is 0 Å². The van der Waals surface area contributed by atoms with Crippen LogP contribution in [0.3, 0.4) is 0 Å². The summed E-state index contributed by atoms with van der Waals surface area (Å²) in [5, 5.41) is 0. The molecular weight excluding hydrogens is 409 g/mol. The second-order valence-corrected chi connectivity index (χ2v) is 18.9. The molecule has 0 unspecified atom stereocenters. The molecule has 0 fully saturated rings. The average Bonchev–Trinajstić information content (AvgIpc) is 2.44. The molecule has 0 aliphatic rings. The maximum Gasteiger partial charge on any atom is 2.00 e. The summed E-state index contributed by atoms with van der Waals surface area (Å²) >= 11 is 0. The molecule has 0 aromatic carbocycles. The maximum atomic E-state index is 4.55. The largest absolute Gasteiger partial charge is 2.00 e. The fourth-order valence-electron chi connectivity index (χ4n) is 1.47. The minimum Gasteiger partial charge on any atom is -0.342 e. The molecule has 1 aromatic heterocycles. The van der Waals surface area contributed by atoms with E-state index in [-0.39, 0.29) is 16.8 Å². The SMILES string of the molecule is CCN=C(C)c1cccc(C(C)=NCC)n1.[CH2-][Si](C)(C)C.[CH2-][Si](C)(C)C.[Co+2]. The van der Waals surface area contributed by atoms with Gasteiger partial charge < -0.3 is 13.1 Å². The van der Waals surface area contributed by atoms with E-state index in [0.29, 0.717) is 0 Å². The van der Waals surface area contributed by atoms with Gasteiger partial charge in [0.25, 0.3) is 0 Å². The zero-order chi connectivity index (χ0) is 21.0. The summed E-state index contributed by atoms with van der Waals surface area (Å²) in [7, 11) is -1.72. The van der Waals surface area contributed by atoms with Crippen LogP contribution in [0.1, 0.15) is 39.1 Å². The summed E-state index contributed by atoms with van der Waals surface area (Å²) in [6, 6.07) is 5.97. The number of pyridine rings is 1. The Bertz CT molecular complexity index is 512. The smallest absolute Gasteiger partial charge is 0.342 e. The molecule has 0 spiro atoms. The summed E-state index contributed by atoms with van der Waals surface area (Å²) in [6.45, 7) is 30.7. The van der Waals surface area contributed by atoms with Crippen LogP contribution in [0.5, 0.6) is 0 Å². The summed E-state index contributed by atoms with van der Waals surface area (Å²) in [5.41, 5.74) is 3.83. The first-order chi connectivity index (χ1) is 11.7. The van der Waals surface area contributed by atoms with Gasteiger partial charge in [0.1, 0.15) is 0 Å². The van der Waals surface area contributed by atoms with Gasteiger partial charge in [-0.15, -0.1) is 16.1 Å². The Kier molecular flexibility index (Phi) is 17.7. The van der Waals surface area contributed by atoms with E-state index in [9.17, 15) is 0 Å². The molecule has 0 aliphatic carbocycles. The molecule has 1 rings (SSSR count). The van der Waals surface area contributed by atoms with Crippen molar-refractivity contribution in [3.8, 4) is 0 Å². The Hall–Kier alpha value is -0.570. The van der Waals surface area contributed by atoms with Crippen LogP contribution >= 0.6 is 0 Å². The molecule has 6 heteroatoms. The van der Waals surface area contributed by atoms with Crippen LogP contribution in [0.15, 0.2) is 28.2 Å². The van der Waals surface area contributed by atoms with Crippen LogP contribution in [-0.4, -0.2) is 45.6 Å². The van der Waals surface area contributed by atoms with Crippen LogP contribution in [-0.2, 0) is 16.8 Å². The van der Waals surface area contributed by atoms with Crippen molar-refractivity contribution in [2.24, 2.45) is 9.98 Å². The zero-order valence-electron chi connectivity index (χ0n) is 19.2. The van der Waals surface area contributed by atoms with Crippen molar-refractivity contribution in [2.45, 2.75) is 67.0 Å². The van der Waals surface area contributed by atoms with Crippen molar-refractivity contribution in [1.29, 1.82) is 0 Å². The van der Waals surface area contributed by atoms with E-state index in [0.717, 1.165) is 35.9 Å². The molecule has 1 heterocycles. The maximum absolute atomic E-state index is 4.55. The molecule has 1 aromatic rings. The molecule has 0 amide bonds. The minimum atomic E-state index is -0.861. The Morgan fingerprint density at radius 2 is 1.07 bits per heavy atom. The summed E-state index contributed by atoms with van der Waals surface area (Å²) in [6.07, 6.45) is 0. The van der Waals surface area contributed by atoms with Crippen molar-refractivity contribution >= 4 is 27.6 Å². The first-order valence-corrected chi connectivity index (χ1v) is 16.8. The van der Waals surface area contributed by atoms with Gasteiger partial charge in [0, 0.05) is 13.1 Å². The molecule has 0 saturated heterocycles. The summed E-state index contributed by atoms with van der Waals surface area (Å²) in [5.74, 6) is 0. The monoisotopic (exact) mass is 450 g/mol. The number of nitrogens with zero attached hydrogens (tertiary/aromatic N) is 3. The number of hydrogen-bond acceptors (Lipinski definition) is 3. The molecule has 3 nitrogen and oxygen atoms in total. The van der Waals surface area contributed by atoms with Crippen LogP contribution in [0.25, 0.3) is 0 Å². The topological polar surface area (TPSA) is 37.6 Å². The molecule has 0 saturated carbocycles. The molecule has 157 valence electrons. The first-order valence-electron chi connectivity index (χ1n) is 9.39. The average molecular weight is 451 g/mol. The molecule has 0 bridgehead atoms. The van der Waals surface area contributed by atoms with Gasteiger partial charge in [0.2, 0.25) is 0 Å². The number of aromatic nitrogens is 1. The van der Waals surface area contributed by atoms with Gasteiger partial charge in [-0.2, -0.15) is 0 Å². The quantitative estimate of drug-likeness (QED) is 0.309. The molecular formula is C21H41CoN3Si2. The van der Waals surface area contributed by atoms with Crippen molar-refractivity contribution in [3.05, 3.63) is 42.7 Å². The third kappa shape index (κ3) is 25.4.